The quantitative estimate of drug-likeness (QED) is 0.806. The van der Waals surface area contributed by atoms with E-state index in [9.17, 15) is 18.0 Å². The summed E-state index contributed by atoms with van der Waals surface area (Å²) in [6, 6.07) is 7.51. The van der Waals surface area contributed by atoms with Crippen molar-refractivity contribution < 1.29 is 18.0 Å². The van der Waals surface area contributed by atoms with Gasteiger partial charge in [0.1, 0.15) is 0 Å². The Bertz CT molecular complexity index is 817. The molecule has 1 N–H and O–H groups in total. The summed E-state index contributed by atoms with van der Waals surface area (Å²) in [5.41, 5.74) is 1.94. The van der Waals surface area contributed by atoms with E-state index in [1.165, 1.54) is 5.56 Å². The first-order valence-electron chi connectivity index (χ1n) is 9.63. The number of hydrogen-bond acceptors (Lipinski definition) is 4. The van der Waals surface area contributed by atoms with Crippen LogP contribution in [0.3, 0.4) is 0 Å². The largest absolute Gasteiger partial charge is 0.339 e. The highest BCUT2D eigenvalue weighted by atomic mass is 32.2. The molecule has 1 saturated carbocycles. The van der Waals surface area contributed by atoms with Crippen molar-refractivity contribution in [3.63, 3.8) is 0 Å². The molecule has 1 aromatic carbocycles. The van der Waals surface area contributed by atoms with Crippen molar-refractivity contribution in [2.75, 3.05) is 23.4 Å². The maximum atomic E-state index is 12.8. The van der Waals surface area contributed by atoms with Crippen LogP contribution in [0, 0.1) is 11.8 Å². The third-order valence-corrected chi connectivity index (χ3v) is 7.31. The van der Waals surface area contributed by atoms with Crippen LogP contribution < -0.4 is 5.32 Å². The van der Waals surface area contributed by atoms with Gasteiger partial charge in [-0.25, -0.2) is 8.42 Å². The first-order valence-corrected chi connectivity index (χ1v) is 11.5. The summed E-state index contributed by atoms with van der Waals surface area (Å²) in [7, 11) is -3.04. The second kappa shape index (κ2) is 7.62. The van der Waals surface area contributed by atoms with E-state index < -0.39 is 9.84 Å². The third-order valence-electron chi connectivity index (χ3n) is 5.56. The lowest BCUT2D eigenvalue weighted by molar-refractivity contribution is -0.135. The zero-order valence-electron chi connectivity index (χ0n) is 16.1. The number of hydrogen-bond donors (Lipinski definition) is 1. The van der Waals surface area contributed by atoms with Crippen LogP contribution in [0.4, 0.5) is 5.69 Å². The van der Waals surface area contributed by atoms with E-state index in [2.05, 4.69) is 19.2 Å². The number of anilines is 1. The van der Waals surface area contributed by atoms with Gasteiger partial charge in [-0.15, -0.1) is 0 Å². The fraction of sp³-hybridized carbons (Fsp3) is 0.600. The molecule has 2 amide bonds. The predicted octanol–water partition coefficient (Wildman–Crippen LogP) is 2.42. The molecule has 3 atom stereocenters. The molecule has 6 nitrogen and oxygen atoms in total. The standard InChI is InChI=1S/C20H28N2O4S/c1-4-22(16-9-10-27(25,26)12-16)20(24)18-11-17(18)19(23)21-15-7-5-14(6-8-15)13(2)3/h5-8,13,16-18H,4,9-12H2,1-3H3,(H,21,23). The third kappa shape index (κ3) is 4.51. The van der Waals surface area contributed by atoms with Crippen LogP contribution in [0.1, 0.15) is 45.1 Å². The van der Waals surface area contributed by atoms with Crippen molar-refractivity contribution in [1.29, 1.82) is 0 Å². The van der Waals surface area contributed by atoms with E-state index in [-0.39, 0.29) is 41.2 Å². The fourth-order valence-electron chi connectivity index (χ4n) is 3.77. The molecule has 27 heavy (non-hydrogen) atoms. The van der Waals surface area contributed by atoms with Crippen molar-refractivity contribution in [2.45, 2.75) is 45.6 Å². The summed E-state index contributed by atoms with van der Waals surface area (Å²) < 4.78 is 23.4. The summed E-state index contributed by atoms with van der Waals surface area (Å²) in [5, 5.41) is 2.89. The monoisotopic (exact) mass is 392 g/mol. The Hall–Kier alpha value is -1.89. The molecule has 1 heterocycles. The lowest BCUT2D eigenvalue weighted by Gasteiger charge is -2.27. The number of carbonyl (C=O) groups excluding carboxylic acids is 2. The van der Waals surface area contributed by atoms with E-state index in [1.807, 2.05) is 31.2 Å². The predicted molar refractivity (Wildman–Crippen MR) is 105 cm³/mol. The summed E-state index contributed by atoms with van der Waals surface area (Å²) in [6.45, 7) is 6.56. The number of carbonyl (C=O) groups is 2. The van der Waals surface area contributed by atoms with E-state index in [1.54, 1.807) is 4.90 Å². The Morgan fingerprint density at radius 2 is 1.85 bits per heavy atom. The maximum Gasteiger partial charge on any atom is 0.228 e. The molecule has 2 fully saturated rings. The van der Waals surface area contributed by atoms with Gasteiger partial charge < -0.3 is 10.2 Å². The van der Waals surface area contributed by atoms with Gasteiger partial charge in [-0.2, -0.15) is 0 Å². The first-order chi connectivity index (χ1) is 12.7. The van der Waals surface area contributed by atoms with Gasteiger partial charge in [-0.3, -0.25) is 9.59 Å². The highest BCUT2D eigenvalue weighted by molar-refractivity contribution is 7.91. The zero-order chi connectivity index (χ0) is 19.8. The molecule has 7 heteroatoms. The smallest absolute Gasteiger partial charge is 0.228 e. The van der Waals surface area contributed by atoms with Gasteiger partial charge in [0.25, 0.3) is 0 Å². The van der Waals surface area contributed by atoms with Gasteiger partial charge in [0.15, 0.2) is 9.84 Å². The zero-order valence-corrected chi connectivity index (χ0v) is 17.0. The van der Waals surface area contributed by atoms with Crippen LogP contribution in [-0.2, 0) is 19.4 Å². The van der Waals surface area contributed by atoms with Gasteiger partial charge in [0.2, 0.25) is 11.8 Å². The second-order valence-electron chi connectivity index (χ2n) is 7.90. The molecule has 1 saturated heterocycles. The Balaban J connectivity index is 1.57. The molecule has 1 aliphatic heterocycles. The molecule has 1 aliphatic carbocycles. The van der Waals surface area contributed by atoms with Crippen molar-refractivity contribution in [3.05, 3.63) is 29.8 Å². The molecule has 2 aliphatic rings. The van der Waals surface area contributed by atoms with E-state index in [0.29, 0.717) is 25.3 Å². The summed E-state index contributed by atoms with van der Waals surface area (Å²) in [4.78, 5) is 26.9. The molecule has 0 bridgehead atoms. The molecule has 148 valence electrons. The van der Waals surface area contributed by atoms with Crippen LogP contribution in [0.15, 0.2) is 24.3 Å². The van der Waals surface area contributed by atoms with Crippen LogP contribution in [0.25, 0.3) is 0 Å². The lowest BCUT2D eigenvalue weighted by Crippen LogP contribution is -2.42. The minimum absolute atomic E-state index is 0.0400. The minimum Gasteiger partial charge on any atom is -0.339 e. The van der Waals surface area contributed by atoms with E-state index in [0.717, 1.165) is 5.69 Å². The van der Waals surface area contributed by atoms with Crippen LogP contribution in [-0.4, -0.2) is 49.2 Å². The molecule has 0 radical (unpaired) electrons. The number of nitrogens with one attached hydrogen (secondary N) is 1. The fourth-order valence-corrected chi connectivity index (χ4v) is 5.50. The Morgan fingerprint density at radius 1 is 1.19 bits per heavy atom. The van der Waals surface area contributed by atoms with Crippen LogP contribution in [0.2, 0.25) is 0 Å². The molecule has 0 spiro atoms. The normalized spacial score (nSPS) is 26.0. The average molecular weight is 393 g/mol. The second-order valence-corrected chi connectivity index (χ2v) is 10.1. The topological polar surface area (TPSA) is 83.6 Å². The number of benzene rings is 1. The van der Waals surface area contributed by atoms with Crippen molar-refractivity contribution in [3.8, 4) is 0 Å². The summed E-state index contributed by atoms with van der Waals surface area (Å²) in [5.74, 6) is -0.270. The van der Waals surface area contributed by atoms with Gasteiger partial charge in [-0.05, 0) is 43.4 Å². The number of nitrogens with zero attached hydrogens (tertiary/aromatic N) is 1. The van der Waals surface area contributed by atoms with Crippen molar-refractivity contribution in [1.82, 2.24) is 4.90 Å². The van der Waals surface area contributed by atoms with E-state index in [4.69, 9.17) is 0 Å². The van der Waals surface area contributed by atoms with E-state index >= 15 is 0 Å². The average Bonchev–Trinajstić information content (AvgIpc) is 3.34. The van der Waals surface area contributed by atoms with Crippen LogP contribution in [0.5, 0.6) is 0 Å². The lowest BCUT2D eigenvalue weighted by atomic mass is 10.0. The first kappa shape index (κ1) is 19.9. The minimum atomic E-state index is -3.04. The van der Waals surface area contributed by atoms with Gasteiger partial charge in [0.05, 0.1) is 23.3 Å². The van der Waals surface area contributed by atoms with Crippen LogP contribution >= 0.6 is 0 Å². The Kier molecular flexibility index (Phi) is 5.60. The maximum absolute atomic E-state index is 12.8. The van der Waals surface area contributed by atoms with Crippen molar-refractivity contribution in [2.24, 2.45) is 11.8 Å². The number of amides is 2. The highest BCUT2D eigenvalue weighted by Crippen LogP contribution is 2.41. The van der Waals surface area contributed by atoms with Gasteiger partial charge >= 0.3 is 0 Å². The summed E-state index contributed by atoms with van der Waals surface area (Å²) in [6.07, 6.45) is 1.03. The van der Waals surface area contributed by atoms with Gasteiger partial charge in [-0.1, -0.05) is 26.0 Å². The summed E-state index contributed by atoms with van der Waals surface area (Å²) >= 11 is 0. The van der Waals surface area contributed by atoms with Crippen molar-refractivity contribution >= 4 is 27.3 Å². The molecular weight excluding hydrogens is 364 g/mol. The Labute approximate surface area is 161 Å². The number of rotatable bonds is 6. The SMILES string of the molecule is CCN(C(=O)C1CC1C(=O)Nc1ccc(C(C)C)cc1)C1CCS(=O)(=O)C1. The molecule has 1 aromatic rings. The molecule has 3 rings (SSSR count). The van der Waals surface area contributed by atoms with Gasteiger partial charge in [0, 0.05) is 18.3 Å². The Morgan fingerprint density at radius 3 is 2.37 bits per heavy atom. The molecular formula is C20H28N2O4S. The molecule has 3 unspecified atom stereocenters. The number of sulfone groups is 1. The molecule has 0 aromatic heterocycles. The highest BCUT2D eigenvalue weighted by Gasteiger charge is 2.50.